The molecule has 1 aromatic carbocycles. The fourth-order valence-corrected chi connectivity index (χ4v) is 3.02. The molecule has 0 amide bonds. The zero-order valence-electron chi connectivity index (χ0n) is 12.7. The van der Waals surface area contributed by atoms with E-state index in [4.69, 9.17) is 0 Å². The van der Waals surface area contributed by atoms with Gasteiger partial charge in [-0.3, -0.25) is 4.90 Å². The number of nitrogens with one attached hydrogen (secondary N) is 1. The molecule has 1 saturated heterocycles. The lowest BCUT2D eigenvalue weighted by atomic mass is 10.2. The van der Waals surface area contributed by atoms with Crippen molar-refractivity contribution in [2.24, 2.45) is 0 Å². The van der Waals surface area contributed by atoms with Gasteiger partial charge in [0.2, 0.25) is 0 Å². The summed E-state index contributed by atoms with van der Waals surface area (Å²) in [5.41, 5.74) is 1.40. The van der Waals surface area contributed by atoms with E-state index in [2.05, 4.69) is 57.0 Å². The van der Waals surface area contributed by atoms with Gasteiger partial charge < -0.3 is 9.88 Å². The third kappa shape index (κ3) is 3.71. The molecule has 2 aromatic rings. The van der Waals surface area contributed by atoms with Gasteiger partial charge in [-0.05, 0) is 18.9 Å². The molecule has 3 rings (SSSR count). The maximum atomic E-state index is 4.42. The summed E-state index contributed by atoms with van der Waals surface area (Å²) in [5, 5.41) is 3.65. The SMILES string of the molecule is CCn1ccnc1CNC1CCN(Cc2ccccc2)C1. The zero-order valence-corrected chi connectivity index (χ0v) is 12.7. The molecule has 112 valence electrons. The van der Waals surface area contributed by atoms with Gasteiger partial charge in [-0.15, -0.1) is 0 Å². The number of hydrogen-bond donors (Lipinski definition) is 1. The molecule has 1 fully saturated rings. The van der Waals surface area contributed by atoms with Gasteiger partial charge >= 0.3 is 0 Å². The Hall–Kier alpha value is -1.65. The van der Waals surface area contributed by atoms with E-state index >= 15 is 0 Å². The summed E-state index contributed by atoms with van der Waals surface area (Å²) in [7, 11) is 0. The molecule has 1 N–H and O–H groups in total. The van der Waals surface area contributed by atoms with Crippen LogP contribution in [0.4, 0.5) is 0 Å². The van der Waals surface area contributed by atoms with Gasteiger partial charge in [0.05, 0.1) is 6.54 Å². The minimum absolute atomic E-state index is 0.579. The molecule has 21 heavy (non-hydrogen) atoms. The molecule has 4 heteroatoms. The van der Waals surface area contributed by atoms with E-state index in [1.807, 2.05) is 12.4 Å². The first-order valence-corrected chi connectivity index (χ1v) is 7.85. The van der Waals surface area contributed by atoms with E-state index in [1.165, 1.54) is 18.5 Å². The van der Waals surface area contributed by atoms with Crippen LogP contribution in [0.3, 0.4) is 0 Å². The van der Waals surface area contributed by atoms with Crippen molar-refractivity contribution in [3.05, 3.63) is 54.1 Å². The minimum Gasteiger partial charge on any atom is -0.334 e. The Balaban J connectivity index is 1.47. The molecule has 1 unspecified atom stereocenters. The van der Waals surface area contributed by atoms with Crippen LogP contribution in [0.2, 0.25) is 0 Å². The summed E-state index contributed by atoms with van der Waals surface area (Å²) in [6.07, 6.45) is 5.16. The summed E-state index contributed by atoms with van der Waals surface area (Å²) >= 11 is 0. The van der Waals surface area contributed by atoms with Gasteiger partial charge in [0, 0.05) is 44.6 Å². The maximum absolute atomic E-state index is 4.42. The third-order valence-electron chi connectivity index (χ3n) is 4.21. The van der Waals surface area contributed by atoms with Crippen molar-refractivity contribution in [2.75, 3.05) is 13.1 Å². The Morgan fingerprint density at radius 3 is 2.95 bits per heavy atom. The molecule has 0 aliphatic carbocycles. The summed E-state index contributed by atoms with van der Waals surface area (Å²) in [6, 6.07) is 11.3. The second-order valence-corrected chi connectivity index (χ2v) is 5.72. The first-order valence-electron chi connectivity index (χ1n) is 7.85. The molecule has 0 radical (unpaired) electrons. The number of aromatic nitrogens is 2. The number of rotatable bonds is 6. The van der Waals surface area contributed by atoms with Crippen molar-refractivity contribution in [3.8, 4) is 0 Å². The summed E-state index contributed by atoms with van der Waals surface area (Å²) < 4.78 is 2.20. The molecule has 1 aromatic heterocycles. The lowest BCUT2D eigenvalue weighted by Crippen LogP contribution is -2.32. The van der Waals surface area contributed by atoms with E-state index in [1.54, 1.807) is 0 Å². The molecular formula is C17H24N4. The largest absolute Gasteiger partial charge is 0.334 e. The average Bonchev–Trinajstić information content (AvgIpc) is 3.15. The van der Waals surface area contributed by atoms with Crippen LogP contribution in [0.15, 0.2) is 42.7 Å². The lowest BCUT2D eigenvalue weighted by molar-refractivity contribution is 0.319. The van der Waals surface area contributed by atoms with Crippen molar-refractivity contribution >= 4 is 0 Å². The smallest absolute Gasteiger partial charge is 0.122 e. The number of likely N-dealkylation sites (tertiary alicyclic amines) is 1. The highest BCUT2D eigenvalue weighted by Gasteiger charge is 2.22. The number of nitrogens with zero attached hydrogens (tertiary/aromatic N) is 3. The van der Waals surface area contributed by atoms with E-state index in [0.717, 1.165) is 32.0 Å². The van der Waals surface area contributed by atoms with E-state index in [-0.39, 0.29) is 0 Å². The molecule has 0 spiro atoms. The Labute approximate surface area is 126 Å². The highest BCUT2D eigenvalue weighted by molar-refractivity contribution is 5.14. The highest BCUT2D eigenvalue weighted by atomic mass is 15.2. The minimum atomic E-state index is 0.579. The Morgan fingerprint density at radius 2 is 2.14 bits per heavy atom. The van der Waals surface area contributed by atoms with E-state index in [9.17, 15) is 0 Å². The summed E-state index contributed by atoms with van der Waals surface area (Å²) in [6.45, 7) is 7.37. The topological polar surface area (TPSA) is 33.1 Å². The zero-order chi connectivity index (χ0) is 14.5. The molecule has 1 aliphatic rings. The molecule has 1 aliphatic heterocycles. The normalized spacial score (nSPS) is 19.2. The number of benzene rings is 1. The van der Waals surface area contributed by atoms with Crippen molar-refractivity contribution in [2.45, 2.75) is 39.0 Å². The fraction of sp³-hybridized carbons (Fsp3) is 0.471. The van der Waals surface area contributed by atoms with Gasteiger partial charge in [-0.1, -0.05) is 30.3 Å². The monoisotopic (exact) mass is 284 g/mol. The quantitative estimate of drug-likeness (QED) is 0.883. The highest BCUT2D eigenvalue weighted by Crippen LogP contribution is 2.13. The van der Waals surface area contributed by atoms with Gasteiger partial charge in [-0.2, -0.15) is 0 Å². The summed E-state index contributed by atoms with van der Waals surface area (Å²) in [4.78, 5) is 6.95. The van der Waals surface area contributed by atoms with Crippen LogP contribution in [0, 0.1) is 0 Å². The van der Waals surface area contributed by atoms with Gasteiger partial charge in [0.25, 0.3) is 0 Å². The first-order chi connectivity index (χ1) is 10.3. The molecule has 0 bridgehead atoms. The first kappa shape index (κ1) is 14.3. The van der Waals surface area contributed by atoms with Crippen LogP contribution in [0.5, 0.6) is 0 Å². The predicted molar refractivity (Wildman–Crippen MR) is 84.9 cm³/mol. The predicted octanol–water partition coefficient (Wildman–Crippen LogP) is 2.27. The third-order valence-corrected chi connectivity index (χ3v) is 4.21. The van der Waals surface area contributed by atoms with Crippen molar-refractivity contribution < 1.29 is 0 Å². The van der Waals surface area contributed by atoms with Crippen molar-refractivity contribution in [1.29, 1.82) is 0 Å². The van der Waals surface area contributed by atoms with Gasteiger partial charge in [0.1, 0.15) is 5.82 Å². The van der Waals surface area contributed by atoms with Crippen LogP contribution in [0.1, 0.15) is 24.7 Å². The number of hydrogen-bond acceptors (Lipinski definition) is 3. The molecule has 4 nitrogen and oxygen atoms in total. The lowest BCUT2D eigenvalue weighted by Gasteiger charge is -2.17. The van der Waals surface area contributed by atoms with Crippen LogP contribution in [-0.2, 0) is 19.6 Å². The molecule has 2 heterocycles. The van der Waals surface area contributed by atoms with E-state index < -0.39 is 0 Å². The maximum Gasteiger partial charge on any atom is 0.122 e. The average molecular weight is 284 g/mol. The standard InChI is InChI=1S/C17H24N4/c1-2-21-11-9-18-17(21)12-19-16-8-10-20(14-16)13-15-6-4-3-5-7-15/h3-7,9,11,16,19H,2,8,10,12-14H2,1H3. The Morgan fingerprint density at radius 1 is 1.29 bits per heavy atom. The van der Waals surface area contributed by atoms with Crippen molar-refractivity contribution in [1.82, 2.24) is 19.8 Å². The van der Waals surface area contributed by atoms with Crippen molar-refractivity contribution in [3.63, 3.8) is 0 Å². The van der Waals surface area contributed by atoms with Crippen LogP contribution >= 0.6 is 0 Å². The van der Waals surface area contributed by atoms with Crippen LogP contribution < -0.4 is 5.32 Å². The van der Waals surface area contributed by atoms with Crippen LogP contribution in [0.25, 0.3) is 0 Å². The van der Waals surface area contributed by atoms with Crippen LogP contribution in [-0.4, -0.2) is 33.6 Å². The fourth-order valence-electron chi connectivity index (χ4n) is 3.02. The van der Waals surface area contributed by atoms with E-state index in [0.29, 0.717) is 6.04 Å². The molecule has 1 atom stereocenters. The second kappa shape index (κ2) is 6.87. The van der Waals surface area contributed by atoms with Gasteiger partial charge in [0.15, 0.2) is 0 Å². The number of aryl methyl sites for hydroxylation is 1. The number of imidazole rings is 1. The Kier molecular flexibility index (Phi) is 4.68. The molecular weight excluding hydrogens is 260 g/mol. The van der Waals surface area contributed by atoms with Gasteiger partial charge in [-0.25, -0.2) is 4.98 Å². The summed E-state index contributed by atoms with van der Waals surface area (Å²) in [5.74, 6) is 1.14. The molecule has 0 saturated carbocycles. The Bertz CT molecular complexity index is 549. The second-order valence-electron chi connectivity index (χ2n) is 5.72.